The van der Waals surface area contributed by atoms with Crippen LogP contribution in [0.5, 0.6) is 0 Å². The van der Waals surface area contributed by atoms with E-state index in [1.165, 1.54) is 6.07 Å². The van der Waals surface area contributed by atoms with Crippen molar-refractivity contribution in [2.24, 2.45) is 0 Å². The number of benzene rings is 1. The van der Waals surface area contributed by atoms with Crippen LogP contribution in [0.4, 0.5) is 13.2 Å². The summed E-state index contributed by atoms with van der Waals surface area (Å²) in [6, 6.07) is 3.51. The molecule has 0 saturated carbocycles. The summed E-state index contributed by atoms with van der Waals surface area (Å²) >= 11 is 1.38. The van der Waals surface area contributed by atoms with Crippen LogP contribution in [-0.2, 0) is 21.6 Å². The van der Waals surface area contributed by atoms with Crippen molar-refractivity contribution in [2.75, 3.05) is 6.54 Å². The van der Waals surface area contributed by atoms with Crippen molar-refractivity contribution in [2.45, 2.75) is 12.3 Å². The van der Waals surface area contributed by atoms with Crippen molar-refractivity contribution in [1.29, 1.82) is 0 Å². The Balaban J connectivity index is 2.35. The van der Waals surface area contributed by atoms with Gasteiger partial charge in [0.15, 0.2) is 0 Å². The van der Waals surface area contributed by atoms with E-state index in [0.717, 1.165) is 12.1 Å². The second-order valence-electron chi connectivity index (χ2n) is 3.44. The fourth-order valence-electron chi connectivity index (χ4n) is 1.45. The summed E-state index contributed by atoms with van der Waals surface area (Å²) in [7, 11) is 0. The zero-order valence-corrected chi connectivity index (χ0v) is 10.7. The van der Waals surface area contributed by atoms with Gasteiger partial charge in [0.1, 0.15) is 6.10 Å². The van der Waals surface area contributed by atoms with E-state index in [0.29, 0.717) is 10.0 Å². The minimum atomic E-state index is -4.41. The molecule has 2 unspecified atom stereocenters. The Kier molecular flexibility index (Phi) is 3.58. The molecule has 0 amide bonds. The molecule has 8 heteroatoms. The molecule has 1 heterocycles. The van der Waals surface area contributed by atoms with Gasteiger partial charge in [0.2, 0.25) is 11.3 Å². The third-order valence-electron chi connectivity index (χ3n) is 2.21. The van der Waals surface area contributed by atoms with Gasteiger partial charge in [-0.1, -0.05) is 15.9 Å². The van der Waals surface area contributed by atoms with Crippen LogP contribution in [0.2, 0.25) is 0 Å². The lowest BCUT2D eigenvalue weighted by molar-refractivity contribution is -0.137. The Morgan fingerprint density at radius 3 is 2.65 bits per heavy atom. The average Bonchev–Trinajstić information content (AvgIpc) is 2.62. The van der Waals surface area contributed by atoms with Crippen molar-refractivity contribution in [3.05, 3.63) is 33.8 Å². The third kappa shape index (κ3) is 3.06. The lowest BCUT2D eigenvalue weighted by Gasteiger charge is -2.12. The molecule has 2 rings (SSSR count). The van der Waals surface area contributed by atoms with E-state index in [2.05, 4.69) is 20.7 Å². The van der Waals surface area contributed by atoms with Crippen LogP contribution in [0.1, 0.15) is 17.2 Å². The van der Waals surface area contributed by atoms with E-state index in [4.69, 9.17) is 4.18 Å². The number of rotatable bonds is 1. The van der Waals surface area contributed by atoms with Crippen LogP contribution in [0.15, 0.2) is 22.7 Å². The Bertz CT molecular complexity index is 466. The Hall–Kier alpha value is -0.440. The number of alkyl halides is 3. The smallest absolute Gasteiger partial charge is 0.269 e. The quantitative estimate of drug-likeness (QED) is 0.860. The van der Waals surface area contributed by atoms with Crippen LogP contribution in [0.25, 0.3) is 0 Å². The molecule has 1 saturated heterocycles. The second-order valence-corrected chi connectivity index (χ2v) is 5.31. The first kappa shape index (κ1) is 13.0. The zero-order chi connectivity index (χ0) is 12.6. The highest BCUT2D eigenvalue weighted by atomic mass is 79.9. The van der Waals surface area contributed by atoms with Crippen LogP contribution in [0.3, 0.4) is 0 Å². The Morgan fingerprint density at radius 2 is 2.12 bits per heavy atom. The van der Waals surface area contributed by atoms with Crippen molar-refractivity contribution in [3.63, 3.8) is 0 Å². The van der Waals surface area contributed by atoms with Gasteiger partial charge in [0, 0.05) is 11.0 Å². The third-order valence-corrected chi connectivity index (χ3v) is 3.48. The maximum atomic E-state index is 12.6. The van der Waals surface area contributed by atoms with Gasteiger partial charge in [0.05, 0.1) is 5.56 Å². The topological polar surface area (TPSA) is 38.3 Å². The predicted octanol–water partition coefficient (Wildman–Crippen LogP) is 2.71. The minimum Gasteiger partial charge on any atom is -0.269 e. The molecule has 1 aliphatic heterocycles. The normalized spacial score (nSPS) is 25.2. The molecular weight excluding hydrogens is 323 g/mol. The van der Waals surface area contributed by atoms with E-state index in [-0.39, 0.29) is 6.54 Å². The zero-order valence-electron chi connectivity index (χ0n) is 8.25. The molecule has 1 aromatic rings. The van der Waals surface area contributed by atoms with Gasteiger partial charge >= 0.3 is 6.18 Å². The molecule has 2 atom stereocenters. The molecule has 94 valence electrons. The van der Waals surface area contributed by atoms with Crippen LogP contribution in [-0.4, -0.2) is 10.8 Å². The molecule has 1 aliphatic rings. The summed E-state index contributed by atoms with van der Waals surface area (Å²) < 4.78 is 56.4. The van der Waals surface area contributed by atoms with Gasteiger partial charge in [-0.15, -0.1) is 0 Å². The van der Waals surface area contributed by atoms with Gasteiger partial charge in [-0.05, 0) is 23.8 Å². The molecule has 17 heavy (non-hydrogen) atoms. The van der Waals surface area contributed by atoms with E-state index in [1.807, 2.05) is 0 Å². The summed E-state index contributed by atoms with van der Waals surface area (Å²) in [6.45, 7) is 0.223. The number of halogens is 4. The summed E-state index contributed by atoms with van der Waals surface area (Å²) in [6.07, 6.45) is -5.04. The molecule has 1 N–H and O–H groups in total. The summed E-state index contributed by atoms with van der Waals surface area (Å²) in [5, 5.41) is 0. The Labute approximate surface area is 106 Å². The first-order valence-electron chi connectivity index (χ1n) is 4.56. The van der Waals surface area contributed by atoms with Gasteiger partial charge in [0.25, 0.3) is 0 Å². The lowest BCUT2D eigenvalue weighted by Crippen LogP contribution is -2.10. The van der Waals surface area contributed by atoms with Crippen molar-refractivity contribution in [1.82, 2.24) is 4.72 Å². The second kappa shape index (κ2) is 4.68. The highest BCUT2D eigenvalue weighted by Crippen LogP contribution is 2.34. The van der Waals surface area contributed by atoms with Crippen LogP contribution >= 0.6 is 15.9 Å². The molecular formula is C9H7BrF3NO2S. The summed E-state index contributed by atoms with van der Waals surface area (Å²) in [5.41, 5.74) is -0.423. The van der Waals surface area contributed by atoms with Crippen molar-refractivity contribution in [3.8, 4) is 0 Å². The minimum absolute atomic E-state index is 0.223. The van der Waals surface area contributed by atoms with Gasteiger partial charge in [-0.3, -0.25) is 4.18 Å². The maximum Gasteiger partial charge on any atom is 0.416 e. The highest BCUT2D eigenvalue weighted by molar-refractivity contribution is 9.10. The molecule has 0 radical (unpaired) electrons. The van der Waals surface area contributed by atoms with Gasteiger partial charge in [-0.2, -0.15) is 13.2 Å². The predicted molar refractivity (Wildman–Crippen MR) is 59.1 cm³/mol. The highest BCUT2D eigenvalue weighted by Gasteiger charge is 2.33. The fraction of sp³-hybridized carbons (Fsp3) is 0.333. The summed E-state index contributed by atoms with van der Waals surface area (Å²) in [4.78, 5) is 0. The maximum absolute atomic E-state index is 12.6. The molecule has 3 nitrogen and oxygen atoms in total. The fourth-order valence-corrected chi connectivity index (χ4v) is 2.71. The van der Waals surface area contributed by atoms with E-state index in [1.54, 1.807) is 0 Å². The Morgan fingerprint density at radius 1 is 1.41 bits per heavy atom. The summed E-state index contributed by atoms with van der Waals surface area (Å²) in [5.74, 6) is 0. The monoisotopic (exact) mass is 329 g/mol. The van der Waals surface area contributed by atoms with Gasteiger partial charge in [-0.25, -0.2) is 8.93 Å². The largest absolute Gasteiger partial charge is 0.416 e. The van der Waals surface area contributed by atoms with Crippen molar-refractivity contribution < 1.29 is 21.6 Å². The number of hydrogen-bond donors (Lipinski definition) is 1. The number of hydrogen-bond acceptors (Lipinski definition) is 2. The van der Waals surface area contributed by atoms with Crippen molar-refractivity contribution >= 4 is 27.2 Å². The average molecular weight is 330 g/mol. The van der Waals surface area contributed by atoms with E-state index in [9.17, 15) is 17.4 Å². The SMILES string of the molecule is O=S1NCC(c2cc(Br)cc(C(F)(F)F)c2)O1. The van der Waals surface area contributed by atoms with Crippen LogP contribution < -0.4 is 4.72 Å². The number of nitrogens with one attached hydrogen (secondary N) is 1. The molecule has 1 aromatic carbocycles. The standard InChI is InChI=1S/C9H7BrF3NO2S/c10-7-2-5(8-4-14-17(15)16-8)1-6(3-7)9(11,12)13/h1-3,8,14H,4H2. The first-order chi connectivity index (χ1) is 7.86. The molecule has 0 bridgehead atoms. The lowest BCUT2D eigenvalue weighted by atomic mass is 10.1. The molecule has 0 spiro atoms. The van der Waals surface area contributed by atoms with Crippen LogP contribution in [0, 0.1) is 0 Å². The molecule has 0 aliphatic carbocycles. The molecule has 0 aromatic heterocycles. The van der Waals surface area contributed by atoms with E-state index < -0.39 is 29.1 Å². The molecule has 1 fully saturated rings. The first-order valence-corrected chi connectivity index (χ1v) is 6.43. The van der Waals surface area contributed by atoms with E-state index >= 15 is 0 Å². The van der Waals surface area contributed by atoms with Gasteiger partial charge < -0.3 is 0 Å².